The SMILES string of the molecule is CC(C)C[C@]1(c2ccccc2)NC(=N)N(CCC[C@H](C)NCI)C1=O. The molecule has 0 aliphatic carbocycles. The smallest absolute Gasteiger partial charge is 0.259 e. The summed E-state index contributed by atoms with van der Waals surface area (Å²) in [6, 6.07) is 10.3. The number of halogens is 1. The molecule has 0 radical (unpaired) electrons. The van der Waals surface area contributed by atoms with E-state index in [4.69, 9.17) is 5.41 Å². The molecule has 1 aromatic rings. The van der Waals surface area contributed by atoms with E-state index in [9.17, 15) is 4.79 Å². The van der Waals surface area contributed by atoms with Crippen LogP contribution in [0.25, 0.3) is 0 Å². The van der Waals surface area contributed by atoms with Gasteiger partial charge in [-0.3, -0.25) is 15.1 Å². The summed E-state index contributed by atoms with van der Waals surface area (Å²) in [4.78, 5) is 14.9. The fourth-order valence-electron chi connectivity index (χ4n) is 3.44. The standard InChI is InChI=1S/C19H29IN4O/c1-14(2)12-19(16-9-5-4-6-10-16)17(25)24(18(21)23-19)11-7-8-15(3)22-13-20/h4-6,9-10,14-15,22H,7-8,11-13H2,1-3H3,(H2,21,23)/t15-,19+/m0/s1. The second-order valence-corrected chi connectivity index (χ2v) is 7.94. The van der Waals surface area contributed by atoms with Crippen LogP contribution in [-0.2, 0) is 10.3 Å². The molecule has 3 N–H and O–H groups in total. The van der Waals surface area contributed by atoms with Gasteiger partial charge in [0, 0.05) is 17.1 Å². The third kappa shape index (κ3) is 4.73. The van der Waals surface area contributed by atoms with E-state index in [1.165, 1.54) is 0 Å². The molecule has 2 atom stereocenters. The molecule has 0 saturated carbocycles. The van der Waals surface area contributed by atoms with Crippen molar-refractivity contribution < 1.29 is 4.79 Å². The lowest BCUT2D eigenvalue weighted by Crippen LogP contribution is -2.45. The summed E-state index contributed by atoms with van der Waals surface area (Å²) in [5.74, 6) is 0.577. The van der Waals surface area contributed by atoms with E-state index in [0.29, 0.717) is 24.9 Å². The van der Waals surface area contributed by atoms with E-state index in [-0.39, 0.29) is 11.9 Å². The highest BCUT2D eigenvalue weighted by Crippen LogP contribution is 2.35. The van der Waals surface area contributed by atoms with Crippen LogP contribution in [-0.4, -0.2) is 33.9 Å². The van der Waals surface area contributed by atoms with Crippen LogP contribution in [0.2, 0.25) is 0 Å². The van der Waals surface area contributed by atoms with Crippen LogP contribution in [0.3, 0.4) is 0 Å². The van der Waals surface area contributed by atoms with Crippen molar-refractivity contribution in [2.45, 2.75) is 51.6 Å². The number of alkyl halides is 1. The zero-order valence-electron chi connectivity index (χ0n) is 15.3. The molecule has 0 aromatic heterocycles. The van der Waals surface area contributed by atoms with Gasteiger partial charge in [0.15, 0.2) is 5.96 Å². The Kier molecular flexibility index (Phi) is 7.25. The van der Waals surface area contributed by atoms with Crippen molar-refractivity contribution in [2.75, 3.05) is 11.1 Å². The molecule has 138 valence electrons. The van der Waals surface area contributed by atoms with Crippen molar-refractivity contribution in [1.29, 1.82) is 5.41 Å². The lowest BCUT2D eigenvalue weighted by molar-refractivity contribution is -0.132. The summed E-state index contributed by atoms with van der Waals surface area (Å²) in [5, 5.41) is 14.9. The summed E-state index contributed by atoms with van der Waals surface area (Å²) in [6.45, 7) is 6.97. The van der Waals surface area contributed by atoms with Crippen molar-refractivity contribution >= 4 is 34.5 Å². The van der Waals surface area contributed by atoms with Gasteiger partial charge in [-0.15, -0.1) is 0 Å². The van der Waals surface area contributed by atoms with Crippen LogP contribution < -0.4 is 10.6 Å². The number of hydrogen-bond donors (Lipinski definition) is 3. The first-order valence-electron chi connectivity index (χ1n) is 8.94. The highest BCUT2D eigenvalue weighted by molar-refractivity contribution is 14.1. The normalized spacial score (nSPS) is 21.7. The van der Waals surface area contributed by atoms with Crippen molar-refractivity contribution in [3.05, 3.63) is 35.9 Å². The lowest BCUT2D eigenvalue weighted by atomic mass is 9.82. The first-order chi connectivity index (χ1) is 11.9. The van der Waals surface area contributed by atoms with Crippen molar-refractivity contribution in [2.24, 2.45) is 5.92 Å². The maximum Gasteiger partial charge on any atom is 0.259 e. The highest BCUT2D eigenvalue weighted by atomic mass is 127. The van der Waals surface area contributed by atoms with Crippen LogP contribution in [0.4, 0.5) is 0 Å². The molecular formula is C19H29IN4O. The maximum absolute atomic E-state index is 13.3. The Hall–Kier alpha value is -1.15. The number of nitrogens with zero attached hydrogens (tertiary/aromatic N) is 1. The Bertz CT molecular complexity index is 592. The van der Waals surface area contributed by atoms with Gasteiger partial charge in [0.1, 0.15) is 5.54 Å². The molecule has 1 aliphatic rings. The number of benzene rings is 1. The van der Waals surface area contributed by atoms with E-state index in [2.05, 4.69) is 54.0 Å². The maximum atomic E-state index is 13.3. The fourth-order valence-corrected chi connectivity index (χ4v) is 4.20. The van der Waals surface area contributed by atoms with E-state index < -0.39 is 5.54 Å². The first kappa shape index (κ1) is 20.2. The zero-order valence-corrected chi connectivity index (χ0v) is 17.5. The first-order valence-corrected chi connectivity index (χ1v) is 10.5. The van der Waals surface area contributed by atoms with Gasteiger partial charge in [-0.05, 0) is 37.7 Å². The predicted molar refractivity (Wildman–Crippen MR) is 111 cm³/mol. The number of guanidine groups is 1. The number of hydrogen-bond acceptors (Lipinski definition) is 3. The monoisotopic (exact) mass is 456 g/mol. The van der Waals surface area contributed by atoms with E-state index in [1.54, 1.807) is 4.90 Å². The zero-order chi connectivity index (χ0) is 18.4. The van der Waals surface area contributed by atoms with Gasteiger partial charge < -0.3 is 10.6 Å². The topological polar surface area (TPSA) is 68.2 Å². The molecule has 1 aliphatic heterocycles. The summed E-state index contributed by atoms with van der Waals surface area (Å²) in [6.07, 6.45) is 2.55. The minimum atomic E-state index is -0.807. The molecule has 1 aromatic carbocycles. The molecule has 0 unspecified atom stereocenters. The minimum Gasteiger partial charge on any atom is -0.338 e. The predicted octanol–water partition coefficient (Wildman–Crippen LogP) is 3.45. The molecule has 2 rings (SSSR count). The van der Waals surface area contributed by atoms with Crippen LogP contribution in [0.15, 0.2) is 30.3 Å². The van der Waals surface area contributed by atoms with Crippen LogP contribution in [0.1, 0.15) is 45.6 Å². The summed E-state index contributed by atoms with van der Waals surface area (Å²) in [7, 11) is 0. The Morgan fingerprint density at radius 1 is 1.28 bits per heavy atom. The molecule has 1 saturated heterocycles. The van der Waals surface area contributed by atoms with E-state index in [0.717, 1.165) is 23.0 Å². The van der Waals surface area contributed by atoms with Gasteiger partial charge in [-0.1, -0.05) is 66.8 Å². The third-order valence-electron chi connectivity index (χ3n) is 4.64. The number of carbonyl (C=O) groups is 1. The van der Waals surface area contributed by atoms with Crippen LogP contribution in [0, 0.1) is 11.3 Å². The largest absolute Gasteiger partial charge is 0.338 e. The quantitative estimate of drug-likeness (QED) is 0.303. The molecule has 1 amide bonds. The highest BCUT2D eigenvalue weighted by Gasteiger charge is 2.50. The fraction of sp³-hybridized carbons (Fsp3) is 0.579. The Balaban J connectivity index is 2.15. The molecular weight excluding hydrogens is 427 g/mol. The minimum absolute atomic E-state index is 0.00639. The van der Waals surface area contributed by atoms with Gasteiger partial charge in [0.05, 0.1) is 0 Å². The molecule has 1 heterocycles. The molecule has 25 heavy (non-hydrogen) atoms. The van der Waals surface area contributed by atoms with Crippen molar-refractivity contribution in [3.63, 3.8) is 0 Å². The Morgan fingerprint density at radius 2 is 1.96 bits per heavy atom. The Labute approximate surface area is 164 Å². The van der Waals surface area contributed by atoms with Gasteiger partial charge in [-0.2, -0.15) is 0 Å². The van der Waals surface area contributed by atoms with Crippen molar-refractivity contribution in [3.8, 4) is 0 Å². The van der Waals surface area contributed by atoms with Gasteiger partial charge in [0.2, 0.25) is 0 Å². The number of nitrogens with one attached hydrogen (secondary N) is 3. The number of rotatable bonds is 9. The second-order valence-electron chi connectivity index (χ2n) is 7.18. The summed E-state index contributed by atoms with van der Waals surface area (Å²) >= 11 is 2.30. The molecule has 0 bridgehead atoms. The third-order valence-corrected chi connectivity index (χ3v) is 5.08. The summed E-state index contributed by atoms with van der Waals surface area (Å²) < 4.78 is 0.921. The second kappa shape index (κ2) is 8.98. The lowest BCUT2D eigenvalue weighted by Gasteiger charge is -2.29. The van der Waals surface area contributed by atoms with Crippen LogP contribution >= 0.6 is 22.6 Å². The number of carbonyl (C=O) groups excluding carboxylic acids is 1. The van der Waals surface area contributed by atoms with Gasteiger partial charge >= 0.3 is 0 Å². The van der Waals surface area contributed by atoms with E-state index in [1.807, 2.05) is 30.3 Å². The van der Waals surface area contributed by atoms with Gasteiger partial charge in [-0.25, -0.2) is 0 Å². The molecule has 1 fully saturated rings. The molecule has 5 nitrogen and oxygen atoms in total. The average molecular weight is 456 g/mol. The van der Waals surface area contributed by atoms with Crippen LogP contribution in [0.5, 0.6) is 0 Å². The Morgan fingerprint density at radius 3 is 2.56 bits per heavy atom. The number of amides is 1. The molecule has 6 heteroatoms. The van der Waals surface area contributed by atoms with Crippen molar-refractivity contribution in [1.82, 2.24) is 15.5 Å². The molecule has 0 spiro atoms. The van der Waals surface area contributed by atoms with E-state index >= 15 is 0 Å². The van der Waals surface area contributed by atoms with Gasteiger partial charge in [0.25, 0.3) is 5.91 Å². The average Bonchev–Trinajstić information content (AvgIpc) is 2.80. The summed E-state index contributed by atoms with van der Waals surface area (Å²) in [5.41, 5.74) is 0.138.